The summed E-state index contributed by atoms with van der Waals surface area (Å²) in [4.78, 5) is 79.6. The number of nitrogens with zero attached hydrogens (tertiary/aromatic N) is 9. The molecule has 6 aromatic heterocycles. The predicted molar refractivity (Wildman–Crippen MR) is 399 cm³/mol. The molecule has 0 spiro atoms. The van der Waals surface area contributed by atoms with E-state index in [9.17, 15) is 85.4 Å². The van der Waals surface area contributed by atoms with Gasteiger partial charge in [0.1, 0.15) is 21.9 Å². The number of hydrogen-bond donors (Lipinski definition) is 6. The van der Waals surface area contributed by atoms with Crippen LogP contribution in [-0.4, -0.2) is 159 Å². The fourth-order valence-electron chi connectivity index (χ4n) is 13.8. The Bertz CT molecular complexity index is 5150. The molecule has 2 unspecified atom stereocenters. The summed E-state index contributed by atoms with van der Waals surface area (Å²) in [5, 5.41) is 25.9. The van der Waals surface area contributed by atoms with E-state index in [1.165, 1.54) is 114 Å². The third-order valence-corrected chi connectivity index (χ3v) is 23.6. The topological polar surface area (TPSA) is 352 Å². The Kier molecular flexibility index (Phi) is 25.3. The van der Waals surface area contributed by atoms with E-state index >= 15 is 0 Å². The molecule has 8 aromatic rings. The van der Waals surface area contributed by atoms with E-state index in [1.807, 2.05) is 9.44 Å². The van der Waals surface area contributed by atoms with Crippen LogP contribution in [0.3, 0.4) is 0 Å². The molecule has 4 aliphatic rings. The van der Waals surface area contributed by atoms with Gasteiger partial charge in [-0.25, -0.2) is 48.3 Å². The highest BCUT2D eigenvalue weighted by Crippen LogP contribution is 2.61. The summed E-state index contributed by atoms with van der Waals surface area (Å²) in [5.74, 6) is -5.04. The fourth-order valence-corrected chi connectivity index (χ4v) is 16.1. The zero-order chi connectivity index (χ0) is 83.4. The Morgan fingerprint density at radius 2 is 1.02 bits per heavy atom. The minimum Gasteiger partial charge on any atom is -0.478 e. The highest BCUT2D eigenvalue weighted by atomic mass is 35.5. The largest absolute Gasteiger partial charge is 0.478 e. The predicted octanol–water partition coefficient (Wildman–Crippen LogP) is 14.0. The maximum atomic E-state index is 13.4. The first kappa shape index (κ1) is 85.7. The van der Waals surface area contributed by atoms with Crippen molar-refractivity contribution >= 4 is 84.5 Å². The van der Waals surface area contributed by atoms with Gasteiger partial charge in [-0.2, -0.15) is 56.3 Å². The number of carboxylic acid groups (broad SMARTS) is 1. The van der Waals surface area contributed by atoms with Gasteiger partial charge in [-0.05, 0) is 207 Å². The van der Waals surface area contributed by atoms with E-state index < -0.39 is 106 Å². The third-order valence-electron chi connectivity index (χ3n) is 20.6. The van der Waals surface area contributed by atoms with Gasteiger partial charge in [0, 0.05) is 42.1 Å². The first-order valence-electron chi connectivity index (χ1n) is 36.1. The molecule has 8 heterocycles. The molecule has 2 aromatic carbocycles. The summed E-state index contributed by atoms with van der Waals surface area (Å²) >= 11 is 12.6. The van der Waals surface area contributed by atoms with Crippen LogP contribution in [0.15, 0.2) is 144 Å². The Balaban J connectivity index is 0.000000228. The van der Waals surface area contributed by atoms with Crippen LogP contribution in [0.4, 0.5) is 51.1 Å². The second-order valence-electron chi connectivity index (χ2n) is 29.8. The number of carboxylic acids is 1. The number of alkyl halides is 9. The lowest BCUT2D eigenvalue weighted by Gasteiger charge is -2.31. The van der Waals surface area contributed by atoms with Crippen molar-refractivity contribution in [2.75, 3.05) is 44.0 Å². The molecule has 6 N–H and O–H groups in total. The highest BCUT2D eigenvalue weighted by molar-refractivity contribution is 7.90. The summed E-state index contributed by atoms with van der Waals surface area (Å²) in [6.07, 6.45) is -7.49. The van der Waals surface area contributed by atoms with Gasteiger partial charge in [-0.1, -0.05) is 59.6 Å². The fraction of sp³-hybridized carbons (Fsp3) is 0.427. The molecule has 0 radical (unpaired) electrons. The number of hydrogen-bond acceptors (Lipinski definition) is 21. The van der Waals surface area contributed by atoms with E-state index in [2.05, 4.69) is 59.9 Å². The smallest absolute Gasteiger partial charge is 0.471 e. The average Bonchev–Trinajstić information content (AvgIpc) is 1.63. The summed E-state index contributed by atoms with van der Waals surface area (Å²) in [6, 6.07) is 28.1. The van der Waals surface area contributed by atoms with Gasteiger partial charge in [0.05, 0.1) is 65.5 Å². The van der Waals surface area contributed by atoms with Crippen LogP contribution in [-0.2, 0) is 29.6 Å². The standard InChI is InChI=1S/C39H40ClF6N7O7S.C36H39ClF3N7O6S/c1-36(2)21-23(22-52(36)35(56)38(41,42)43)7-13-27(24-8-10-25(11-9-24)34(55)59-3)47-28-5-4-6-31(48-28)61(57,58)51-33(54)26-12-14-29(49-32(26)40)53-19-15-30(50-53)60-20-18-37(16-17-37)39(44,45)46;1-34(2)20-22(21-41-34)6-12-26(23-7-9-24(10-8-23)33(49)50)42-27-4-3-5-30(43-27)54(51,52)46-32(48)25-11-13-28(44-31(25)37)47-18-14-29(45-47)53-19-17-35(15-16-35)36(38,39)40/h4-6,8-12,14-15,19,23,27H,7,13,16-18,20-22H2,1-3H3,(H,47,48)(H,51,54);3-5,7-11,13-14,18,22,26,41H,6,12,15-17,19-21H2,1-2H3,(H,42,43)(H,46,48)(H,49,50)/t23-,27?;22-,26?/m00/s1. The average molecular weight is 1690 g/mol. The maximum absolute atomic E-state index is 13.4. The van der Waals surface area contributed by atoms with Gasteiger partial charge in [0.25, 0.3) is 31.9 Å². The van der Waals surface area contributed by atoms with Crippen LogP contribution in [0.2, 0.25) is 10.3 Å². The van der Waals surface area contributed by atoms with Crippen LogP contribution in [0.5, 0.6) is 11.8 Å². The SMILES string of the molecule is CC1(C)C[C@H](CCC(Nc2cccc(S(=O)(=O)NC(=O)c3ccc(-n4ccc(OCCC5(C(F)(F)F)CC5)n4)nc3Cl)n2)c2ccc(C(=O)O)cc2)CN1.COC(=O)c1ccc(C(CC[C@@H]2CN(C(=O)C(F)(F)F)C(C)(C)C2)Nc2cccc(S(=O)(=O)NC(=O)c3ccc(-n4ccc(OCCC5(C(F)(F)F)CC5)n4)nc3Cl)n2)cc1. The quantitative estimate of drug-likeness (QED) is 0.0138. The number of pyridine rings is 4. The molecular formula is C75H79Cl2F9N14O13S2. The number of methoxy groups -OCH3 is 1. The van der Waals surface area contributed by atoms with Gasteiger partial charge in [0.2, 0.25) is 11.8 Å². The molecule has 616 valence electrons. The highest BCUT2D eigenvalue weighted by Gasteiger charge is 2.63. The molecule has 2 saturated heterocycles. The molecule has 4 atom stereocenters. The molecule has 115 heavy (non-hydrogen) atoms. The number of ether oxygens (including phenoxy) is 3. The van der Waals surface area contributed by atoms with Crippen LogP contribution >= 0.6 is 23.2 Å². The number of amides is 3. The van der Waals surface area contributed by atoms with E-state index in [0.29, 0.717) is 37.2 Å². The second-order valence-corrected chi connectivity index (χ2v) is 33.8. The summed E-state index contributed by atoms with van der Waals surface area (Å²) < 4.78 is 195. The zero-order valence-electron chi connectivity index (χ0n) is 62.2. The van der Waals surface area contributed by atoms with Gasteiger partial charge >= 0.3 is 36.4 Å². The third kappa shape index (κ3) is 21.1. The molecule has 3 amide bonds. The lowest BCUT2D eigenvalue weighted by Crippen LogP contribution is -2.48. The monoisotopic (exact) mass is 1690 g/mol. The number of esters is 1. The van der Waals surface area contributed by atoms with Crippen molar-refractivity contribution in [3.63, 3.8) is 0 Å². The van der Waals surface area contributed by atoms with Crippen molar-refractivity contribution in [1.82, 2.24) is 59.2 Å². The molecule has 2 aliphatic heterocycles. The minimum atomic E-state index is -5.03. The number of benzene rings is 2. The minimum absolute atomic E-state index is 0.0270. The molecule has 0 bridgehead atoms. The molecule has 2 saturated carbocycles. The number of sulfonamides is 2. The normalized spacial score (nSPS) is 17.9. The molecule has 4 fully saturated rings. The van der Waals surface area contributed by atoms with E-state index in [0.717, 1.165) is 35.9 Å². The summed E-state index contributed by atoms with van der Waals surface area (Å²) in [7, 11) is -7.91. The van der Waals surface area contributed by atoms with Crippen molar-refractivity contribution in [1.29, 1.82) is 0 Å². The van der Waals surface area contributed by atoms with Crippen molar-refractivity contribution in [2.24, 2.45) is 22.7 Å². The number of aromatic carboxylic acids is 1. The van der Waals surface area contributed by atoms with Crippen molar-refractivity contribution in [3.05, 3.63) is 177 Å². The second kappa shape index (κ2) is 33.9. The van der Waals surface area contributed by atoms with Gasteiger partial charge in [-0.3, -0.25) is 14.4 Å². The summed E-state index contributed by atoms with van der Waals surface area (Å²) in [6.45, 7) is 7.79. The Morgan fingerprint density at radius 1 is 0.583 bits per heavy atom. The number of anilines is 2. The Morgan fingerprint density at radius 3 is 1.40 bits per heavy atom. The number of rotatable bonds is 30. The molecular weight excluding hydrogens is 1610 g/mol. The summed E-state index contributed by atoms with van der Waals surface area (Å²) in [5.41, 5.74) is -3.22. The van der Waals surface area contributed by atoms with Crippen LogP contribution in [0.1, 0.15) is 169 Å². The number of aromatic nitrogens is 8. The lowest BCUT2D eigenvalue weighted by molar-refractivity contribution is -0.190. The molecule has 27 nitrogen and oxygen atoms in total. The maximum Gasteiger partial charge on any atom is 0.471 e. The van der Waals surface area contributed by atoms with Crippen LogP contribution in [0.25, 0.3) is 11.6 Å². The van der Waals surface area contributed by atoms with Gasteiger partial charge in [0.15, 0.2) is 21.7 Å². The van der Waals surface area contributed by atoms with Crippen LogP contribution < -0.4 is 34.9 Å². The Labute approximate surface area is 663 Å². The first-order chi connectivity index (χ1) is 53.9. The zero-order valence-corrected chi connectivity index (χ0v) is 65.3. The lowest BCUT2D eigenvalue weighted by atomic mass is 9.90. The number of carbonyl (C=O) groups is 5. The van der Waals surface area contributed by atoms with E-state index in [1.54, 1.807) is 44.2 Å². The molecule has 12 rings (SSSR count). The van der Waals surface area contributed by atoms with Crippen molar-refractivity contribution in [3.8, 4) is 23.4 Å². The number of halogens is 11. The van der Waals surface area contributed by atoms with Crippen LogP contribution in [0, 0.1) is 22.7 Å². The van der Waals surface area contributed by atoms with Crippen molar-refractivity contribution in [2.45, 2.75) is 156 Å². The molecule has 40 heteroatoms. The van der Waals surface area contributed by atoms with E-state index in [4.69, 9.17) is 37.4 Å². The Hall–Kier alpha value is -10.2. The molecule has 2 aliphatic carbocycles. The van der Waals surface area contributed by atoms with Gasteiger partial charge in [-0.15, -0.1) is 10.2 Å². The van der Waals surface area contributed by atoms with E-state index in [-0.39, 0.29) is 138 Å². The number of nitrogens with one attached hydrogen (secondary N) is 5. The number of likely N-dealkylation sites (tertiary alicyclic amines) is 1. The number of carbonyl (C=O) groups excluding carboxylic acids is 4. The van der Waals surface area contributed by atoms with Gasteiger partial charge < -0.3 is 40.2 Å². The van der Waals surface area contributed by atoms with Crippen molar-refractivity contribution < 1.29 is 99.6 Å². The first-order valence-corrected chi connectivity index (χ1v) is 39.8.